The first-order chi connectivity index (χ1) is 6.59. The third-order valence-electron chi connectivity index (χ3n) is 2.14. The number of aromatic nitrogens is 2. The summed E-state index contributed by atoms with van der Waals surface area (Å²) in [5, 5.41) is 7.34. The van der Waals surface area contributed by atoms with Crippen molar-refractivity contribution in [2.24, 2.45) is 18.7 Å². The van der Waals surface area contributed by atoms with Crippen molar-refractivity contribution in [1.29, 1.82) is 0 Å². The van der Waals surface area contributed by atoms with Crippen LogP contribution < -0.4 is 11.1 Å². The van der Waals surface area contributed by atoms with Crippen molar-refractivity contribution >= 4 is 5.82 Å². The summed E-state index contributed by atoms with van der Waals surface area (Å²) in [6, 6.07) is 2.16. The monoisotopic (exact) mass is 196 g/mol. The zero-order valence-electron chi connectivity index (χ0n) is 9.20. The van der Waals surface area contributed by atoms with Crippen molar-refractivity contribution in [3.63, 3.8) is 0 Å². The molecule has 14 heavy (non-hydrogen) atoms. The predicted octanol–water partition coefficient (Wildman–Crippen LogP) is 1.21. The lowest BCUT2D eigenvalue weighted by atomic mass is 10.0. The van der Waals surface area contributed by atoms with E-state index in [2.05, 4.69) is 24.3 Å². The number of aryl methyl sites for hydroxylation is 1. The van der Waals surface area contributed by atoms with Gasteiger partial charge in [0.15, 0.2) is 0 Å². The molecule has 0 bridgehead atoms. The number of hydrogen-bond donors (Lipinski definition) is 2. The fourth-order valence-corrected chi connectivity index (χ4v) is 1.47. The Morgan fingerprint density at radius 2 is 2.29 bits per heavy atom. The second kappa shape index (κ2) is 5.00. The van der Waals surface area contributed by atoms with Gasteiger partial charge in [-0.1, -0.05) is 13.8 Å². The molecule has 0 radical (unpaired) electrons. The van der Waals surface area contributed by atoms with Crippen LogP contribution in [0, 0.1) is 5.92 Å². The molecule has 1 heterocycles. The first-order valence-electron chi connectivity index (χ1n) is 5.07. The fraction of sp³-hybridized carbons (Fsp3) is 0.700. The number of nitrogens with zero attached hydrogens (tertiary/aromatic N) is 2. The number of nitrogens with two attached hydrogens (primary N) is 1. The SMILES string of the molecule is CC(C)CC(N)CNc1ccnn1C. The van der Waals surface area contributed by atoms with Crippen molar-refractivity contribution in [1.82, 2.24) is 9.78 Å². The molecule has 0 saturated carbocycles. The van der Waals surface area contributed by atoms with Gasteiger partial charge in [0, 0.05) is 25.7 Å². The summed E-state index contributed by atoms with van der Waals surface area (Å²) in [6.07, 6.45) is 2.82. The molecular formula is C10H20N4. The van der Waals surface area contributed by atoms with E-state index in [1.807, 2.05) is 17.8 Å². The summed E-state index contributed by atoms with van der Waals surface area (Å²) in [5.41, 5.74) is 5.95. The number of anilines is 1. The topological polar surface area (TPSA) is 55.9 Å². The van der Waals surface area contributed by atoms with E-state index in [0.29, 0.717) is 5.92 Å². The van der Waals surface area contributed by atoms with Gasteiger partial charge in [0.2, 0.25) is 0 Å². The Balaban J connectivity index is 2.30. The van der Waals surface area contributed by atoms with Gasteiger partial charge in [0.05, 0.1) is 6.20 Å². The molecule has 1 aromatic heterocycles. The second-order valence-corrected chi connectivity index (χ2v) is 4.11. The van der Waals surface area contributed by atoms with Gasteiger partial charge in [-0.25, -0.2) is 0 Å². The molecule has 0 aromatic carbocycles. The van der Waals surface area contributed by atoms with Gasteiger partial charge >= 0.3 is 0 Å². The van der Waals surface area contributed by atoms with Crippen LogP contribution in [0.1, 0.15) is 20.3 Å². The van der Waals surface area contributed by atoms with Crippen LogP contribution in [0.25, 0.3) is 0 Å². The smallest absolute Gasteiger partial charge is 0.123 e. The Kier molecular flexibility index (Phi) is 3.95. The maximum atomic E-state index is 5.95. The van der Waals surface area contributed by atoms with Crippen molar-refractivity contribution in [2.45, 2.75) is 26.3 Å². The number of hydrogen-bond acceptors (Lipinski definition) is 3. The lowest BCUT2D eigenvalue weighted by Gasteiger charge is -2.15. The largest absolute Gasteiger partial charge is 0.369 e. The van der Waals surface area contributed by atoms with Gasteiger partial charge in [-0.2, -0.15) is 5.10 Å². The molecule has 0 fully saturated rings. The highest BCUT2D eigenvalue weighted by atomic mass is 15.3. The maximum absolute atomic E-state index is 5.95. The third kappa shape index (κ3) is 3.38. The molecule has 0 aliphatic heterocycles. The minimum absolute atomic E-state index is 0.213. The molecular weight excluding hydrogens is 176 g/mol. The van der Waals surface area contributed by atoms with Crippen LogP contribution in [0.15, 0.2) is 12.3 Å². The van der Waals surface area contributed by atoms with E-state index in [1.165, 1.54) is 0 Å². The van der Waals surface area contributed by atoms with Crippen LogP contribution in [0.4, 0.5) is 5.82 Å². The summed E-state index contributed by atoms with van der Waals surface area (Å²) in [5.74, 6) is 1.67. The Morgan fingerprint density at radius 1 is 1.57 bits per heavy atom. The highest BCUT2D eigenvalue weighted by Crippen LogP contribution is 2.06. The Bertz CT molecular complexity index is 267. The molecule has 1 rings (SSSR count). The van der Waals surface area contributed by atoms with E-state index in [-0.39, 0.29) is 6.04 Å². The van der Waals surface area contributed by atoms with E-state index >= 15 is 0 Å². The lowest BCUT2D eigenvalue weighted by molar-refractivity contribution is 0.507. The van der Waals surface area contributed by atoms with Gasteiger partial charge in [0.25, 0.3) is 0 Å². The predicted molar refractivity (Wildman–Crippen MR) is 59.1 cm³/mol. The number of rotatable bonds is 5. The summed E-state index contributed by atoms with van der Waals surface area (Å²) < 4.78 is 1.81. The van der Waals surface area contributed by atoms with E-state index in [4.69, 9.17) is 5.73 Å². The second-order valence-electron chi connectivity index (χ2n) is 4.11. The standard InChI is InChI=1S/C10H20N4/c1-8(2)6-9(11)7-12-10-4-5-13-14(10)3/h4-5,8-9,12H,6-7,11H2,1-3H3. The summed E-state index contributed by atoms with van der Waals surface area (Å²) in [7, 11) is 1.91. The van der Waals surface area contributed by atoms with Crippen molar-refractivity contribution in [2.75, 3.05) is 11.9 Å². The van der Waals surface area contributed by atoms with E-state index in [9.17, 15) is 0 Å². The van der Waals surface area contributed by atoms with E-state index in [0.717, 1.165) is 18.8 Å². The third-order valence-corrected chi connectivity index (χ3v) is 2.14. The molecule has 3 N–H and O–H groups in total. The van der Waals surface area contributed by atoms with E-state index in [1.54, 1.807) is 6.20 Å². The molecule has 1 aromatic rings. The van der Waals surface area contributed by atoms with Crippen molar-refractivity contribution in [3.05, 3.63) is 12.3 Å². The molecule has 1 atom stereocenters. The first-order valence-corrected chi connectivity index (χ1v) is 5.07. The van der Waals surface area contributed by atoms with Crippen molar-refractivity contribution < 1.29 is 0 Å². The molecule has 0 spiro atoms. The lowest BCUT2D eigenvalue weighted by Crippen LogP contribution is -2.30. The van der Waals surface area contributed by atoms with Crippen LogP contribution in [0.5, 0.6) is 0 Å². The minimum Gasteiger partial charge on any atom is -0.369 e. The van der Waals surface area contributed by atoms with Gasteiger partial charge in [0.1, 0.15) is 5.82 Å². The molecule has 80 valence electrons. The molecule has 1 unspecified atom stereocenters. The summed E-state index contributed by atoms with van der Waals surface area (Å²) in [6.45, 7) is 5.17. The zero-order valence-corrected chi connectivity index (χ0v) is 9.20. The highest BCUT2D eigenvalue weighted by molar-refractivity contribution is 5.33. The fourth-order valence-electron chi connectivity index (χ4n) is 1.47. The van der Waals surface area contributed by atoms with Gasteiger partial charge in [-0.05, 0) is 12.3 Å². The van der Waals surface area contributed by atoms with Crippen LogP contribution in [0.2, 0.25) is 0 Å². The van der Waals surface area contributed by atoms with Crippen LogP contribution in [0.3, 0.4) is 0 Å². The molecule has 4 heteroatoms. The normalized spacial score (nSPS) is 13.2. The molecule has 4 nitrogen and oxygen atoms in total. The highest BCUT2D eigenvalue weighted by Gasteiger charge is 2.05. The van der Waals surface area contributed by atoms with Crippen molar-refractivity contribution in [3.8, 4) is 0 Å². The first kappa shape index (κ1) is 11.0. The van der Waals surface area contributed by atoms with Crippen LogP contribution in [-0.4, -0.2) is 22.4 Å². The Morgan fingerprint density at radius 3 is 2.79 bits per heavy atom. The Labute approximate surface area is 85.5 Å². The van der Waals surface area contributed by atoms with Gasteiger partial charge in [-0.3, -0.25) is 4.68 Å². The molecule has 0 saturated heterocycles. The van der Waals surface area contributed by atoms with Crippen LogP contribution in [-0.2, 0) is 7.05 Å². The van der Waals surface area contributed by atoms with Gasteiger partial charge in [-0.15, -0.1) is 0 Å². The molecule has 0 aliphatic rings. The molecule has 0 aliphatic carbocycles. The zero-order chi connectivity index (χ0) is 10.6. The number of nitrogens with one attached hydrogen (secondary N) is 1. The van der Waals surface area contributed by atoms with E-state index < -0.39 is 0 Å². The average molecular weight is 196 g/mol. The average Bonchev–Trinajstić information content (AvgIpc) is 2.46. The Hall–Kier alpha value is -1.03. The van der Waals surface area contributed by atoms with Crippen LogP contribution >= 0.6 is 0 Å². The summed E-state index contributed by atoms with van der Waals surface area (Å²) >= 11 is 0. The molecule has 0 amide bonds. The summed E-state index contributed by atoms with van der Waals surface area (Å²) in [4.78, 5) is 0. The quantitative estimate of drug-likeness (QED) is 0.744. The maximum Gasteiger partial charge on any atom is 0.123 e. The van der Waals surface area contributed by atoms with Gasteiger partial charge < -0.3 is 11.1 Å². The minimum atomic E-state index is 0.213.